The SMILES string of the molecule is CCNC(CN1CCN(C(C)(C)C)CC1)C1CCOC1. The first-order valence-electron chi connectivity index (χ1n) is 8.29. The lowest BCUT2D eigenvalue weighted by Gasteiger charge is -2.43. The molecule has 4 nitrogen and oxygen atoms in total. The third-order valence-corrected chi connectivity index (χ3v) is 4.78. The van der Waals surface area contributed by atoms with Gasteiger partial charge in [0.15, 0.2) is 0 Å². The van der Waals surface area contributed by atoms with Gasteiger partial charge < -0.3 is 10.1 Å². The molecule has 2 aliphatic heterocycles. The van der Waals surface area contributed by atoms with E-state index in [1.165, 1.54) is 39.1 Å². The van der Waals surface area contributed by atoms with E-state index in [1.807, 2.05) is 0 Å². The van der Waals surface area contributed by atoms with Gasteiger partial charge >= 0.3 is 0 Å². The maximum atomic E-state index is 5.57. The molecule has 2 heterocycles. The lowest BCUT2D eigenvalue weighted by Crippen LogP contribution is -2.56. The first-order valence-corrected chi connectivity index (χ1v) is 8.29. The molecule has 2 saturated heterocycles. The van der Waals surface area contributed by atoms with Crippen molar-refractivity contribution < 1.29 is 4.74 Å². The lowest BCUT2D eigenvalue weighted by atomic mass is 9.98. The predicted molar refractivity (Wildman–Crippen MR) is 84.2 cm³/mol. The number of nitrogens with zero attached hydrogens (tertiary/aromatic N) is 2. The molecule has 0 radical (unpaired) electrons. The Hall–Kier alpha value is -0.160. The number of likely N-dealkylation sites (N-methyl/N-ethyl adjacent to an activating group) is 1. The van der Waals surface area contributed by atoms with Crippen LogP contribution in [-0.4, -0.2) is 73.9 Å². The van der Waals surface area contributed by atoms with Crippen LogP contribution in [0.2, 0.25) is 0 Å². The van der Waals surface area contributed by atoms with Gasteiger partial charge in [0.2, 0.25) is 0 Å². The Labute approximate surface area is 124 Å². The van der Waals surface area contributed by atoms with Crippen LogP contribution in [0, 0.1) is 5.92 Å². The highest BCUT2D eigenvalue weighted by atomic mass is 16.5. The molecule has 118 valence electrons. The second-order valence-electron chi connectivity index (χ2n) is 7.25. The summed E-state index contributed by atoms with van der Waals surface area (Å²) in [4.78, 5) is 5.23. The van der Waals surface area contributed by atoms with E-state index in [9.17, 15) is 0 Å². The Morgan fingerprint density at radius 2 is 1.90 bits per heavy atom. The zero-order valence-corrected chi connectivity index (χ0v) is 13.8. The monoisotopic (exact) mass is 283 g/mol. The van der Waals surface area contributed by atoms with Crippen molar-refractivity contribution in [3.05, 3.63) is 0 Å². The van der Waals surface area contributed by atoms with Crippen molar-refractivity contribution in [2.24, 2.45) is 5.92 Å². The molecule has 2 atom stereocenters. The third kappa shape index (κ3) is 4.42. The summed E-state index contributed by atoms with van der Waals surface area (Å²) < 4.78 is 5.57. The largest absolute Gasteiger partial charge is 0.381 e. The van der Waals surface area contributed by atoms with Gasteiger partial charge in [-0.15, -0.1) is 0 Å². The molecule has 2 aliphatic rings. The minimum absolute atomic E-state index is 0.312. The highest BCUT2D eigenvalue weighted by Crippen LogP contribution is 2.20. The topological polar surface area (TPSA) is 27.7 Å². The van der Waals surface area contributed by atoms with Crippen molar-refractivity contribution in [1.82, 2.24) is 15.1 Å². The van der Waals surface area contributed by atoms with Crippen LogP contribution in [0.1, 0.15) is 34.1 Å². The molecule has 0 aromatic rings. The van der Waals surface area contributed by atoms with E-state index < -0.39 is 0 Å². The van der Waals surface area contributed by atoms with Crippen LogP contribution < -0.4 is 5.32 Å². The van der Waals surface area contributed by atoms with E-state index in [2.05, 4.69) is 42.8 Å². The molecular formula is C16H33N3O. The summed E-state index contributed by atoms with van der Waals surface area (Å²) in [5, 5.41) is 3.68. The minimum atomic E-state index is 0.312. The van der Waals surface area contributed by atoms with Gasteiger partial charge in [-0.05, 0) is 33.7 Å². The molecular weight excluding hydrogens is 250 g/mol. The Balaban J connectivity index is 1.80. The van der Waals surface area contributed by atoms with Crippen molar-refractivity contribution in [1.29, 1.82) is 0 Å². The molecule has 2 rings (SSSR count). The van der Waals surface area contributed by atoms with Gasteiger partial charge in [0.05, 0.1) is 6.61 Å². The quantitative estimate of drug-likeness (QED) is 0.826. The molecule has 0 aromatic heterocycles. The maximum absolute atomic E-state index is 5.57. The van der Waals surface area contributed by atoms with Crippen molar-refractivity contribution >= 4 is 0 Å². The Morgan fingerprint density at radius 1 is 1.20 bits per heavy atom. The van der Waals surface area contributed by atoms with E-state index in [0.29, 0.717) is 17.5 Å². The molecule has 4 heteroatoms. The predicted octanol–water partition coefficient (Wildman–Crippen LogP) is 1.42. The standard InChI is InChI=1S/C16H33N3O/c1-5-17-15(14-6-11-20-13-14)12-18-7-9-19(10-8-18)16(2,3)4/h14-15,17H,5-13H2,1-4H3. The van der Waals surface area contributed by atoms with Gasteiger partial charge in [-0.25, -0.2) is 0 Å². The lowest BCUT2D eigenvalue weighted by molar-refractivity contribution is 0.0536. The van der Waals surface area contributed by atoms with Crippen LogP contribution in [0.4, 0.5) is 0 Å². The molecule has 2 fully saturated rings. The van der Waals surface area contributed by atoms with Gasteiger partial charge in [-0.3, -0.25) is 9.80 Å². The van der Waals surface area contributed by atoms with Gasteiger partial charge in [-0.2, -0.15) is 0 Å². The van der Waals surface area contributed by atoms with E-state index >= 15 is 0 Å². The molecule has 2 unspecified atom stereocenters. The fourth-order valence-electron chi connectivity index (χ4n) is 3.39. The average molecular weight is 283 g/mol. The molecule has 0 bridgehead atoms. The van der Waals surface area contributed by atoms with Gasteiger partial charge in [0, 0.05) is 56.8 Å². The number of hydrogen-bond acceptors (Lipinski definition) is 4. The summed E-state index contributed by atoms with van der Waals surface area (Å²) in [6.07, 6.45) is 1.22. The third-order valence-electron chi connectivity index (χ3n) is 4.78. The normalized spacial score (nSPS) is 27.9. The summed E-state index contributed by atoms with van der Waals surface area (Å²) in [6.45, 7) is 18.1. The van der Waals surface area contributed by atoms with Crippen molar-refractivity contribution in [3.63, 3.8) is 0 Å². The molecule has 20 heavy (non-hydrogen) atoms. The van der Waals surface area contributed by atoms with E-state index in [1.54, 1.807) is 0 Å². The summed E-state index contributed by atoms with van der Waals surface area (Å²) in [7, 11) is 0. The average Bonchev–Trinajstić information content (AvgIpc) is 2.91. The second kappa shape index (κ2) is 7.21. The van der Waals surface area contributed by atoms with E-state index in [0.717, 1.165) is 19.8 Å². The van der Waals surface area contributed by atoms with Crippen molar-refractivity contribution in [2.75, 3.05) is 52.5 Å². The smallest absolute Gasteiger partial charge is 0.0510 e. The van der Waals surface area contributed by atoms with Crippen molar-refractivity contribution in [2.45, 2.75) is 45.7 Å². The highest BCUT2D eigenvalue weighted by Gasteiger charge is 2.30. The number of nitrogens with one attached hydrogen (secondary N) is 1. The van der Waals surface area contributed by atoms with Gasteiger partial charge in [-0.1, -0.05) is 6.92 Å². The van der Waals surface area contributed by atoms with Crippen molar-refractivity contribution in [3.8, 4) is 0 Å². The van der Waals surface area contributed by atoms with E-state index in [4.69, 9.17) is 4.74 Å². The summed E-state index contributed by atoms with van der Waals surface area (Å²) in [5.41, 5.74) is 0.312. The number of rotatable bonds is 5. The summed E-state index contributed by atoms with van der Waals surface area (Å²) in [5.74, 6) is 0.704. The summed E-state index contributed by atoms with van der Waals surface area (Å²) >= 11 is 0. The first-order chi connectivity index (χ1) is 9.50. The fraction of sp³-hybridized carbons (Fsp3) is 1.00. The molecule has 0 aromatic carbocycles. The number of ether oxygens (including phenoxy) is 1. The molecule has 0 spiro atoms. The van der Waals surface area contributed by atoms with Crippen LogP contribution >= 0.6 is 0 Å². The summed E-state index contributed by atoms with van der Waals surface area (Å²) in [6, 6.07) is 0.601. The molecule has 1 N–H and O–H groups in total. The molecule has 0 saturated carbocycles. The first kappa shape index (κ1) is 16.2. The van der Waals surface area contributed by atoms with Crippen LogP contribution in [0.5, 0.6) is 0 Å². The zero-order valence-electron chi connectivity index (χ0n) is 13.8. The number of hydrogen-bond donors (Lipinski definition) is 1. The van der Waals surface area contributed by atoms with Crippen LogP contribution in [0.25, 0.3) is 0 Å². The minimum Gasteiger partial charge on any atom is -0.381 e. The Bertz CT molecular complexity index is 276. The zero-order chi connectivity index (χ0) is 14.6. The Kier molecular flexibility index (Phi) is 5.84. The Morgan fingerprint density at radius 3 is 2.40 bits per heavy atom. The maximum Gasteiger partial charge on any atom is 0.0510 e. The van der Waals surface area contributed by atoms with Gasteiger partial charge in [0.25, 0.3) is 0 Å². The van der Waals surface area contributed by atoms with Crippen LogP contribution in [-0.2, 0) is 4.74 Å². The number of piperazine rings is 1. The highest BCUT2D eigenvalue weighted by molar-refractivity contribution is 4.86. The fourth-order valence-corrected chi connectivity index (χ4v) is 3.39. The van der Waals surface area contributed by atoms with Gasteiger partial charge in [0.1, 0.15) is 0 Å². The molecule has 0 aliphatic carbocycles. The second-order valence-corrected chi connectivity index (χ2v) is 7.25. The van der Waals surface area contributed by atoms with E-state index in [-0.39, 0.29) is 0 Å². The molecule has 0 amide bonds. The van der Waals surface area contributed by atoms with Crippen LogP contribution in [0.3, 0.4) is 0 Å². The van der Waals surface area contributed by atoms with Crippen LogP contribution in [0.15, 0.2) is 0 Å².